The van der Waals surface area contributed by atoms with Crippen LogP contribution in [0.15, 0.2) is 48.5 Å². The fraction of sp³-hybridized carbons (Fsp3) is 0.412. The summed E-state index contributed by atoms with van der Waals surface area (Å²) >= 11 is 0. The smallest absolute Gasteiger partial charge is 0.415 e. The molecule has 0 saturated carbocycles. The number of anilines is 1. The SMILES string of the molecule is COC(=O)c1cc(N(C(=O)OC(C)(C)C)C2CCNCC2)cc2nc(C(C)C)n(Cc3ccc(C#N)c4ccccc34)c12. The highest BCUT2D eigenvalue weighted by atomic mass is 16.6. The molecule has 3 aromatic carbocycles. The number of carbonyl (C=O) groups excluding carboxylic acids is 2. The van der Waals surface area contributed by atoms with Crippen LogP contribution < -0.4 is 10.2 Å². The number of aromatic nitrogens is 2. The lowest BCUT2D eigenvalue weighted by atomic mass is 9.99. The van der Waals surface area contributed by atoms with Crippen molar-refractivity contribution in [2.45, 2.75) is 71.6 Å². The second-order valence-electron chi connectivity index (χ2n) is 12.3. The highest BCUT2D eigenvalue weighted by molar-refractivity contribution is 6.05. The molecule has 1 aromatic heterocycles. The molecular formula is C34H39N5O4. The lowest BCUT2D eigenvalue weighted by molar-refractivity contribution is 0.0555. The summed E-state index contributed by atoms with van der Waals surface area (Å²) in [6.07, 6.45) is 1.05. The fourth-order valence-electron chi connectivity index (χ4n) is 5.89. The van der Waals surface area contributed by atoms with E-state index in [-0.39, 0.29) is 12.0 Å². The van der Waals surface area contributed by atoms with Gasteiger partial charge in [0, 0.05) is 18.5 Å². The first kappa shape index (κ1) is 30.1. The normalized spacial score (nSPS) is 14.2. The molecule has 1 amide bonds. The molecule has 1 aliphatic rings. The first-order valence-corrected chi connectivity index (χ1v) is 14.8. The van der Waals surface area contributed by atoms with Gasteiger partial charge in [-0.3, -0.25) is 4.90 Å². The van der Waals surface area contributed by atoms with Crippen molar-refractivity contribution < 1.29 is 19.1 Å². The second kappa shape index (κ2) is 12.1. The Morgan fingerprint density at radius 1 is 1.12 bits per heavy atom. The number of piperidine rings is 1. The maximum Gasteiger partial charge on any atom is 0.415 e. The summed E-state index contributed by atoms with van der Waals surface area (Å²) in [5, 5.41) is 14.9. The van der Waals surface area contributed by atoms with E-state index in [2.05, 4.69) is 29.8 Å². The van der Waals surface area contributed by atoms with Crippen LogP contribution >= 0.6 is 0 Å². The van der Waals surface area contributed by atoms with Crippen LogP contribution in [0, 0.1) is 11.3 Å². The number of nitriles is 1. The highest BCUT2D eigenvalue weighted by Gasteiger charge is 2.33. The van der Waals surface area contributed by atoms with Gasteiger partial charge in [0.25, 0.3) is 0 Å². The summed E-state index contributed by atoms with van der Waals surface area (Å²) in [7, 11) is 1.36. The van der Waals surface area contributed by atoms with E-state index in [4.69, 9.17) is 14.5 Å². The van der Waals surface area contributed by atoms with E-state index in [1.165, 1.54) is 7.11 Å². The fourth-order valence-corrected chi connectivity index (χ4v) is 5.89. The number of esters is 1. The number of hydrogen-bond donors (Lipinski definition) is 1. The van der Waals surface area contributed by atoms with Gasteiger partial charge in [0.15, 0.2) is 0 Å². The number of ether oxygens (including phenoxy) is 2. The number of amides is 1. The summed E-state index contributed by atoms with van der Waals surface area (Å²) < 4.78 is 13.2. The summed E-state index contributed by atoms with van der Waals surface area (Å²) in [5.74, 6) is 0.330. The molecule has 0 spiro atoms. The third kappa shape index (κ3) is 6.06. The molecule has 0 unspecified atom stereocenters. The molecule has 1 aliphatic heterocycles. The van der Waals surface area contributed by atoms with E-state index in [1.54, 1.807) is 11.0 Å². The third-order valence-electron chi connectivity index (χ3n) is 7.78. The van der Waals surface area contributed by atoms with Gasteiger partial charge in [0.1, 0.15) is 11.4 Å². The van der Waals surface area contributed by atoms with Crippen LogP contribution in [0.5, 0.6) is 0 Å². The number of methoxy groups -OCH3 is 1. The number of nitrogens with zero attached hydrogens (tertiary/aromatic N) is 4. The van der Waals surface area contributed by atoms with E-state index in [0.717, 1.165) is 48.1 Å². The van der Waals surface area contributed by atoms with Crippen LogP contribution in [0.2, 0.25) is 0 Å². The van der Waals surface area contributed by atoms with E-state index in [9.17, 15) is 14.9 Å². The van der Waals surface area contributed by atoms with Crippen molar-refractivity contribution >= 4 is 39.6 Å². The van der Waals surface area contributed by atoms with Gasteiger partial charge in [-0.2, -0.15) is 5.26 Å². The predicted octanol–water partition coefficient (Wildman–Crippen LogP) is 6.51. The Morgan fingerprint density at radius 3 is 2.44 bits per heavy atom. The molecule has 9 nitrogen and oxygen atoms in total. The maximum absolute atomic E-state index is 13.7. The minimum atomic E-state index is -0.687. The topological polar surface area (TPSA) is 109 Å². The van der Waals surface area contributed by atoms with Crippen molar-refractivity contribution in [3.05, 3.63) is 71.0 Å². The Balaban J connectivity index is 1.72. The van der Waals surface area contributed by atoms with Crippen molar-refractivity contribution in [3.63, 3.8) is 0 Å². The van der Waals surface area contributed by atoms with Crippen molar-refractivity contribution in [3.8, 4) is 6.07 Å². The van der Waals surface area contributed by atoms with Gasteiger partial charge < -0.3 is 19.4 Å². The van der Waals surface area contributed by atoms with Crippen molar-refractivity contribution in [1.82, 2.24) is 14.9 Å². The number of carbonyl (C=O) groups is 2. The zero-order chi connectivity index (χ0) is 30.9. The van der Waals surface area contributed by atoms with Gasteiger partial charge in [-0.15, -0.1) is 0 Å². The largest absolute Gasteiger partial charge is 0.465 e. The lowest BCUT2D eigenvalue weighted by Crippen LogP contribution is -2.48. The average Bonchev–Trinajstić information content (AvgIpc) is 3.34. The number of nitrogens with one attached hydrogen (secondary N) is 1. The first-order chi connectivity index (χ1) is 20.5. The Kier molecular flexibility index (Phi) is 8.43. The molecular weight excluding hydrogens is 542 g/mol. The first-order valence-electron chi connectivity index (χ1n) is 14.8. The molecule has 9 heteroatoms. The number of hydrogen-bond acceptors (Lipinski definition) is 7. The molecule has 2 heterocycles. The van der Waals surface area contributed by atoms with Crippen LogP contribution in [-0.2, 0) is 16.0 Å². The lowest BCUT2D eigenvalue weighted by Gasteiger charge is -2.36. The van der Waals surface area contributed by atoms with Gasteiger partial charge in [0.05, 0.1) is 41.0 Å². The standard InChI is InChI=1S/C34H39N5O4/c1-21(2)31-37-29-18-25(39(24-13-15-36-16-14-24)33(41)43-34(3,4)5)17-28(32(40)42-6)30(29)38(31)20-23-12-11-22(19-35)26-9-7-8-10-27(23)26/h7-12,17-18,21,24,36H,13-16,20H2,1-6H3. The zero-order valence-corrected chi connectivity index (χ0v) is 25.7. The van der Waals surface area contributed by atoms with Gasteiger partial charge >= 0.3 is 12.1 Å². The molecule has 224 valence electrons. The second-order valence-corrected chi connectivity index (χ2v) is 12.3. The number of benzene rings is 3. The van der Waals surface area contributed by atoms with Crippen LogP contribution in [0.25, 0.3) is 21.8 Å². The van der Waals surface area contributed by atoms with Gasteiger partial charge in [-0.1, -0.05) is 44.2 Å². The Hall–Kier alpha value is -4.42. The van der Waals surface area contributed by atoms with E-state index < -0.39 is 17.7 Å². The minimum absolute atomic E-state index is 0.0392. The number of imidazole rings is 1. The molecule has 0 radical (unpaired) electrons. The zero-order valence-electron chi connectivity index (χ0n) is 25.7. The molecule has 0 atom stereocenters. The van der Waals surface area contributed by atoms with Gasteiger partial charge in [-0.05, 0) is 81.2 Å². The minimum Gasteiger partial charge on any atom is -0.465 e. The van der Waals surface area contributed by atoms with E-state index >= 15 is 0 Å². The monoisotopic (exact) mass is 581 g/mol. The summed E-state index contributed by atoms with van der Waals surface area (Å²) in [5.41, 5.74) is 3.05. The van der Waals surface area contributed by atoms with Crippen molar-refractivity contribution in [2.75, 3.05) is 25.1 Å². The van der Waals surface area contributed by atoms with Crippen LogP contribution in [0.4, 0.5) is 10.5 Å². The molecule has 0 aliphatic carbocycles. The Bertz CT molecular complexity index is 1720. The van der Waals surface area contributed by atoms with Crippen molar-refractivity contribution in [1.29, 1.82) is 5.26 Å². The quantitative estimate of drug-likeness (QED) is 0.258. The predicted molar refractivity (Wildman–Crippen MR) is 168 cm³/mol. The van der Waals surface area contributed by atoms with E-state index in [1.807, 2.05) is 63.2 Å². The molecule has 4 aromatic rings. The molecule has 1 N–H and O–H groups in total. The third-order valence-corrected chi connectivity index (χ3v) is 7.78. The molecule has 1 fully saturated rings. The highest BCUT2D eigenvalue weighted by Crippen LogP contribution is 2.34. The molecule has 43 heavy (non-hydrogen) atoms. The van der Waals surface area contributed by atoms with Crippen LogP contribution in [-0.4, -0.2) is 53.5 Å². The van der Waals surface area contributed by atoms with Crippen molar-refractivity contribution in [2.24, 2.45) is 0 Å². The summed E-state index contributed by atoms with van der Waals surface area (Å²) in [6, 6.07) is 17.4. The van der Waals surface area contributed by atoms with Crippen LogP contribution in [0.1, 0.15) is 80.7 Å². The Labute approximate surface area is 252 Å². The summed E-state index contributed by atoms with van der Waals surface area (Å²) in [4.78, 5) is 33.8. The number of rotatable bonds is 6. The Morgan fingerprint density at radius 2 is 1.81 bits per heavy atom. The molecule has 0 bridgehead atoms. The number of fused-ring (bicyclic) bond motifs is 2. The molecule has 1 saturated heterocycles. The van der Waals surface area contributed by atoms with Crippen LogP contribution in [0.3, 0.4) is 0 Å². The van der Waals surface area contributed by atoms with Gasteiger partial charge in [-0.25, -0.2) is 14.6 Å². The summed E-state index contributed by atoms with van der Waals surface area (Å²) in [6.45, 7) is 11.7. The van der Waals surface area contributed by atoms with Gasteiger partial charge in [0.2, 0.25) is 0 Å². The van der Waals surface area contributed by atoms with E-state index in [0.29, 0.717) is 34.4 Å². The molecule has 5 rings (SSSR count). The maximum atomic E-state index is 13.7. The average molecular weight is 582 g/mol.